The molecule has 26 heavy (non-hydrogen) atoms. The highest BCUT2D eigenvalue weighted by Gasteiger charge is 2.18. The normalized spacial score (nSPS) is 17.3. The number of aromatic hydroxyl groups is 1. The summed E-state index contributed by atoms with van der Waals surface area (Å²) in [6.45, 7) is 7.82. The quantitative estimate of drug-likeness (QED) is 0.918. The van der Waals surface area contributed by atoms with Gasteiger partial charge in [-0.2, -0.15) is 5.10 Å². The van der Waals surface area contributed by atoms with Gasteiger partial charge >= 0.3 is 0 Å². The Morgan fingerprint density at radius 2 is 1.31 bits per heavy atom. The van der Waals surface area contributed by atoms with Gasteiger partial charge in [-0.3, -0.25) is 5.01 Å². The fraction of sp³-hybridized carbons (Fsp3) is 0.350. The molecule has 1 saturated heterocycles. The molecule has 0 atom stereocenters. The van der Waals surface area contributed by atoms with Gasteiger partial charge in [-0.05, 0) is 55.5 Å². The van der Waals surface area contributed by atoms with Crippen LogP contribution in [-0.2, 0) is 0 Å². The number of piperazine rings is 1. The first kappa shape index (κ1) is 16.6. The summed E-state index contributed by atoms with van der Waals surface area (Å²) in [5.41, 5.74) is 3.62. The Kier molecular flexibility index (Phi) is 4.56. The van der Waals surface area contributed by atoms with E-state index in [1.807, 2.05) is 23.5 Å². The molecule has 2 aliphatic rings. The van der Waals surface area contributed by atoms with Crippen molar-refractivity contribution < 1.29 is 5.11 Å². The van der Waals surface area contributed by atoms with Crippen LogP contribution < -0.4 is 14.7 Å². The van der Waals surface area contributed by atoms with Crippen LogP contribution in [-0.4, -0.2) is 55.8 Å². The molecule has 0 spiro atoms. The molecule has 2 aromatic rings. The summed E-state index contributed by atoms with van der Waals surface area (Å²) >= 11 is 0. The van der Waals surface area contributed by atoms with E-state index in [4.69, 9.17) is 0 Å². The summed E-state index contributed by atoms with van der Waals surface area (Å²) in [4.78, 5) is 6.96. The van der Waals surface area contributed by atoms with Gasteiger partial charge < -0.3 is 19.8 Å². The van der Waals surface area contributed by atoms with Crippen molar-refractivity contribution >= 4 is 23.4 Å². The molecule has 0 bridgehead atoms. The van der Waals surface area contributed by atoms with Crippen molar-refractivity contribution in [3.63, 3.8) is 0 Å². The molecule has 0 saturated carbocycles. The maximum atomic E-state index is 9.43. The lowest BCUT2D eigenvalue weighted by Crippen LogP contribution is -2.46. The van der Waals surface area contributed by atoms with Gasteiger partial charge in [-0.15, -0.1) is 0 Å². The number of benzene rings is 2. The van der Waals surface area contributed by atoms with Crippen LogP contribution in [0.25, 0.3) is 0 Å². The maximum absolute atomic E-state index is 9.43. The van der Waals surface area contributed by atoms with Crippen LogP contribution in [0, 0.1) is 0 Å². The number of anilines is 3. The highest BCUT2D eigenvalue weighted by Crippen LogP contribution is 2.25. The van der Waals surface area contributed by atoms with E-state index >= 15 is 0 Å². The largest absolute Gasteiger partial charge is 0.508 e. The molecule has 2 aliphatic heterocycles. The van der Waals surface area contributed by atoms with Crippen molar-refractivity contribution in [1.29, 1.82) is 0 Å². The number of hydrogen-bond donors (Lipinski definition) is 1. The first-order valence-corrected chi connectivity index (χ1v) is 9.17. The van der Waals surface area contributed by atoms with Crippen LogP contribution in [0.5, 0.6) is 5.75 Å². The van der Waals surface area contributed by atoms with Gasteiger partial charge in [0, 0.05) is 49.8 Å². The third kappa shape index (κ3) is 3.40. The molecule has 6 heteroatoms. The summed E-state index contributed by atoms with van der Waals surface area (Å²) in [5, 5.41) is 15.8. The minimum Gasteiger partial charge on any atom is -0.508 e. The molecule has 136 valence electrons. The Morgan fingerprint density at radius 3 is 1.81 bits per heavy atom. The van der Waals surface area contributed by atoms with Gasteiger partial charge in [0.15, 0.2) is 0 Å². The summed E-state index contributed by atoms with van der Waals surface area (Å²) in [7, 11) is 0. The fourth-order valence-corrected chi connectivity index (χ4v) is 3.46. The van der Waals surface area contributed by atoms with Crippen LogP contribution in [0.2, 0.25) is 0 Å². The number of rotatable bonds is 4. The minimum absolute atomic E-state index is 0.317. The van der Waals surface area contributed by atoms with E-state index < -0.39 is 0 Å². The topological polar surface area (TPSA) is 45.5 Å². The van der Waals surface area contributed by atoms with E-state index in [9.17, 15) is 5.11 Å². The van der Waals surface area contributed by atoms with Gasteiger partial charge in [0.05, 0.1) is 0 Å². The summed E-state index contributed by atoms with van der Waals surface area (Å²) in [6.07, 6.45) is 1.90. The first-order valence-electron chi connectivity index (χ1n) is 9.17. The van der Waals surface area contributed by atoms with Gasteiger partial charge in [0.2, 0.25) is 0 Å². The average molecular weight is 351 g/mol. The molecule has 0 amide bonds. The van der Waals surface area contributed by atoms with Crippen molar-refractivity contribution in [2.24, 2.45) is 5.10 Å². The average Bonchev–Trinajstić information content (AvgIpc) is 3.18. The SMILES string of the molecule is CCN1CN(c2ccc(N3CCN(c4ccc(O)cc4)CC3)cc2)C=N1. The zero-order chi connectivity index (χ0) is 17.9. The van der Waals surface area contributed by atoms with Crippen molar-refractivity contribution in [3.8, 4) is 5.75 Å². The van der Waals surface area contributed by atoms with Crippen LogP contribution in [0.1, 0.15) is 6.92 Å². The second-order valence-corrected chi connectivity index (χ2v) is 6.67. The van der Waals surface area contributed by atoms with Crippen LogP contribution >= 0.6 is 0 Å². The highest BCUT2D eigenvalue weighted by atomic mass is 16.3. The van der Waals surface area contributed by atoms with E-state index in [2.05, 4.69) is 51.0 Å². The number of phenols is 1. The Labute approximate surface area is 154 Å². The van der Waals surface area contributed by atoms with Gasteiger partial charge in [0.25, 0.3) is 0 Å². The fourth-order valence-electron chi connectivity index (χ4n) is 3.46. The molecular formula is C20H25N5O. The Balaban J connectivity index is 1.36. The Hall–Kier alpha value is -2.89. The van der Waals surface area contributed by atoms with Gasteiger partial charge in [-0.1, -0.05) is 0 Å². The van der Waals surface area contributed by atoms with E-state index in [-0.39, 0.29) is 0 Å². The zero-order valence-electron chi connectivity index (χ0n) is 15.1. The lowest BCUT2D eigenvalue weighted by atomic mass is 10.2. The molecule has 0 unspecified atom stereocenters. The second-order valence-electron chi connectivity index (χ2n) is 6.67. The highest BCUT2D eigenvalue weighted by molar-refractivity contribution is 5.80. The molecule has 0 aromatic heterocycles. The molecule has 0 radical (unpaired) electrons. The molecule has 0 aliphatic carbocycles. The third-order valence-electron chi connectivity index (χ3n) is 5.08. The van der Waals surface area contributed by atoms with Crippen molar-refractivity contribution in [2.45, 2.75) is 6.92 Å². The number of phenolic OH excluding ortho intramolecular Hbond substituents is 1. The summed E-state index contributed by atoms with van der Waals surface area (Å²) in [5.74, 6) is 0.317. The van der Waals surface area contributed by atoms with E-state index in [1.54, 1.807) is 12.1 Å². The van der Waals surface area contributed by atoms with Crippen LogP contribution in [0.4, 0.5) is 17.1 Å². The zero-order valence-corrected chi connectivity index (χ0v) is 15.1. The van der Waals surface area contributed by atoms with Gasteiger partial charge in [-0.25, -0.2) is 0 Å². The number of hydrazone groups is 1. The lowest BCUT2D eigenvalue weighted by Gasteiger charge is -2.37. The van der Waals surface area contributed by atoms with Crippen LogP contribution in [0.3, 0.4) is 0 Å². The molecular weight excluding hydrogens is 326 g/mol. The summed E-state index contributed by atoms with van der Waals surface area (Å²) in [6, 6.07) is 16.2. The lowest BCUT2D eigenvalue weighted by molar-refractivity contribution is 0.337. The van der Waals surface area contributed by atoms with E-state index in [0.29, 0.717) is 5.75 Å². The molecule has 2 aromatic carbocycles. The van der Waals surface area contributed by atoms with Crippen LogP contribution in [0.15, 0.2) is 53.6 Å². The second kappa shape index (κ2) is 7.15. The first-order chi connectivity index (χ1) is 12.7. The molecule has 2 heterocycles. The van der Waals surface area contributed by atoms with Crippen molar-refractivity contribution in [3.05, 3.63) is 48.5 Å². The molecule has 1 fully saturated rings. The maximum Gasteiger partial charge on any atom is 0.117 e. The van der Waals surface area contributed by atoms with E-state index in [1.165, 1.54) is 17.1 Å². The third-order valence-corrected chi connectivity index (χ3v) is 5.08. The smallest absolute Gasteiger partial charge is 0.117 e. The van der Waals surface area contributed by atoms with Crippen molar-refractivity contribution in [2.75, 3.05) is 54.1 Å². The Bertz CT molecular complexity index is 751. The van der Waals surface area contributed by atoms with Crippen molar-refractivity contribution in [1.82, 2.24) is 5.01 Å². The minimum atomic E-state index is 0.317. The number of nitrogens with zero attached hydrogens (tertiary/aromatic N) is 5. The monoisotopic (exact) mass is 351 g/mol. The summed E-state index contributed by atoms with van der Waals surface area (Å²) < 4.78 is 0. The molecule has 6 nitrogen and oxygen atoms in total. The Morgan fingerprint density at radius 1 is 0.808 bits per heavy atom. The molecule has 1 N–H and O–H groups in total. The van der Waals surface area contributed by atoms with Gasteiger partial charge in [0.1, 0.15) is 18.8 Å². The number of hydrogen-bond acceptors (Lipinski definition) is 6. The predicted molar refractivity (Wildman–Crippen MR) is 107 cm³/mol. The predicted octanol–water partition coefficient (Wildman–Crippen LogP) is 2.76. The van der Waals surface area contributed by atoms with E-state index in [0.717, 1.165) is 39.4 Å². The molecule has 4 rings (SSSR count). The standard InChI is InChI=1S/C20H25N5O/c1-2-25-16-24(15-21-25)19-5-3-17(4-6-19)22-11-13-23(14-12-22)18-7-9-20(26)10-8-18/h3-10,15,26H,2,11-14,16H2,1H3.